The minimum Gasteiger partial charge on any atom is -0.477 e. The predicted octanol–water partition coefficient (Wildman–Crippen LogP) is 3.22. The zero-order chi connectivity index (χ0) is 18.2. The number of carbonyl (C=O) groups excluding carboxylic acids is 1. The van der Waals surface area contributed by atoms with Gasteiger partial charge in [0, 0.05) is 30.8 Å². The summed E-state index contributed by atoms with van der Waals surface area (Å²) in [6.45, 7) is 4.65. The van der Waals surface area contributed by atoms with Gasteiger partial charge in [-0.05, 0) is 31.4 Å². The van der Waals surface area contributed by atoms with Crippen molar-refractivity contribution >= 4 is 5.91 Å². The fourth-order valence-corrected chi connectivity index (χ4v) is 3.15. The molecule has 1 unspecified atom stereocenters. The number of pyridine rings is 1. The number of amides is 1. The third-order valence-electron chi connectivity index (χ3n) is 4.54. The molecule has 0 radical (unpaired) electrons. The maximum absolute atomic E-state index is 12.4. The largest absolute Gasteiger partial charge is 0.477 e. The molecule has 138 valence electrons. The lowest BCUT2D eigenvalue weighted by Gasteiger charge is -2.32. The molecule has 0 saturated carbocycles. The second kappa shape index (κ2) is 9.34. The first-order valence-corrected chi connectivity index (χ1v) is 9.16. The minimum absolute atomic E-state index is 0.0549. The first-order chi connectivity index (χ1) is 12.7. The normalized spacial score (nSPS) is 17.1. The van der Waals surface area contributed by atoms with E-state index in [0.717, 1.165) is 37.2 Å². The summed E-state index contributed by atoms with van der Waals surface area (Å²) in [5.41, 5.74) is 2.02. The van der Waals surface area contributed by atoms with E-state index >= 15 is 0 Å². The van der Waals surface area contributed by atoms with Crippen LogP contribution in [-0.4, -0.2) is 42.1 Å². The Kier molecular flexibility index (Phi) is 6.61. The molecule has 0 spiro atoms. The van der Waals surface area contributed by atoms with Crippen LogP contribution >= 0.6 is 0 Å². The number of aromatic nitrogens is 1. The van der Waals surface area contributed by atoms with Gasteiger partial charge in [0.2, 0.25) is 11.8 Å². The highest BCUT2D eigenvalue weighted by Gasteiger charge is 2.24. The van der Waals surface area contributed by atoms with Gasteiger partial charge in [0.05, 0.1) is 13.2 Å². The van der Waals surface area contributed by atoms with E-state index in [1.54, 1.807) is 0 Å². The van der Waals surface area contributed by atoms with Gasteiger partial charge in [0.15, 0.2) is 0 Å². The van der Waals surface area contributed by atoms with Crippen molar-refractivity contribution in [2.45, 2.75) is 26.4 Å². The molecule has 2 aromatic rings. The Bertz CT molecular complexity index is 705. The van der Waals surface area contributed by atoms with Crippen molar-refractivity contribution in [3.63, 3.8) is 0 Å². The van der Waals surface area contributed by atoms with Crippen LogP contribution in [-0.2, 0) is 16.1 Å². The average Bonchev–Trinajstić information content (AvgIpc) is 2.67. The van der Waals surface area contributed by atoms with Crippen molar-refractivity contribution in [2.24, 2.45) is 5.92 Å². The number of piperidine rings is 1. The van der Waals surface area contributed by atoms with Crippen molar-refractivity contribution in [1.82, 2.24) is 9.88 Å². The van der Waals surface area contributed by atoms with Crippen LogP contribution in [0.1, 0.15) is 24.1 Å². The highest BCUT2D eigenvalue weighted by molar-refractivity contribution is 5.77. The Hall–Kier alpha value is -2.40. The van der Waals surface area contributed by atoms with Crippen LogP contribution in [0, 0.1) is 12.8 Å². The molecule has 3 rings (SSSR count). The molecule has 0 aliphatic carbocycles. The van der Waals surface area contributed by atoms with Crippen LogP contribution in [0.3, 0.4) is 0 Å². The summed E-state index contributed by atoms with van der Waals surface area (Å²) < 4.78 is 11.4. The quantitative estimate of drug-likeness (QED) is 0.766. The van der Waals surface area contributed by atoms with Crippen molar-refractivity contribution in [3.8, 4) is 5.88 Å². The number of carbonyl (C=O) groups is 1. The summed E-state index contributed by atoms with van der Waals surface area (Å²) in [6.07, 6.45) is 2.07. The van der Waals surface area contributed by atoms with E-state index in [9.17, 15) is 4.79 Å². The SMILES string of the molecule is Cc1cccc(OCC2CCCN(C(=O)COCc3ccccc3)C2)n1. The van der Waals surface area contributed by atoms with Crippen LogP contribution in [0.2, 0.25) is 0 Å². The molecule has 1 aromatic carbocycles. The van der Waals surface area contributed by atoms with E-state index in [-0.39, 0.29) is 12.5 Å². The number of hydrogen-bond acceptors (Lipinski definition) is 4. The predicted molar refractivity (Wildman–Crippen MR) is 99.9 cm³/mol. The molecule has 0 N–H and O–H groups in total. The fourth-order valence-electron chi connectivity index (χ4n) is 3.15. The summed E-state index contributed by atoms with van der Waals surface area (Å²) in [6, 6.07) is 15.7. The smallest absolute Gasteiger partial charge is 0.248 e. The summed E-state index contributed by atoms with van der Waals surface area (Å²) >= 11 is 0. The Morgan fingerprint density at radius 2 is 2.04 bits per heavy atom. The van der Waals surface area contributed by atoms with Crippen LogP contribution in [0.15, 0.2) is 48.5 Å². The van der Waals surface area contributed by atoms with Crippen molar-refractivity contribution in [3.05, 3.63) is 59.8 Å². The monoisotopic (exact) mass is 354 g/mol. The van der Waals surface area contributed by atoms with Gasteiger partial charge in [-0.25, -0.2) is 4.98 Å². The molecule has 1 aliphatic rings. The number of likely N-dealkylation sites (tertiary alicyclic amines) is 1. The van der Waals surface area contributed by atoms with E-state index in [2.05, 4.69) is 4.98 Å². The number of rotatable bonds is 7. The second-order valence-electron chi connectivity index (χ2n) is 6.75. The van der Waals surface area contributed by atoms with E-state index in [4.69, 9.17) is 9.47 Å². The molecule has 1 atom stereocenters. The lowest BCUT2D eigenvalue weighted by Crippen LogP contribution is -2.43. The number of ether oxygens (including phenoxy) is 2. The maximum Gasteiger partial charge on any atom is 0.248 e. The molecule has 2 heterocycles. The minimum atomic E-state index is 0.0549. The Balaban J connectivity index is 1.41. The molecular formula is C21H26N2O3. The van der Waals surface area contributed by atoms with Crippen molar-refractivity contribution < 1.29 is 14.3 Å². The van der Waals surface area contributed by atoms with Gasteiger partial charge in [-0.3, -0.25) is 4.79 Å². The van der Waals surface area contributed by atoms with Gasteiger partial charge in [-0.15, -0.1) is 0 Å². The Morgan fingerprint density at radius 1 is 1.19 bits per heavy atom. The zero-order valence-corrected chi connectivity index (χ0v) is 15.3. The first kappa shape index (κ1) is 18.4. The van der Waals surface area contributed by atoms with E-state index in [1.165, 1.54) is 0 Å². The van der Waals surface area contributed by atoms with Crippen LogP contribution in [0.25, 0.3) is 0 Å². The van der Waals surface area contributed by atoms with Gasteiger partial charge in [-0.1, -0.05) is 36.4 Å². The van der Waals surface area contributed by atoms with Gasteiger partial charge >= 0.3 is 0 Å². The van der Waals surface area contributed by atoms with Crippen LogP contribution in [0.5, 0.6) is 5.88 Å². The van der Waals surface area contributed by atoms with E-state index < -0.39 is 0 Å². The Morgan fingerprint density at radius 3 is 2.85 bits per heavy atom. The van der Waals surface area contributed by atoms with E-state index in [1.807, 2.05) is 60.4 Å². The first-order valence-electron chi connectivity index (χ1n) is 9.16. The number of aryl methyl sites for hydroxylation is 1. The topological polar surface area (TPSA) is 51.7 Å². The lowest BCUT2D eigenvalue weighted by atomic mass is 9.99. The van der Waals surface area contributed by atoms with Gasteiger partial charge in [-0.2, -0.15) is 0 Å². The van der Waals surface area contributed by atoms with Crippen molar-refractivity contribution in [2.75, 3.05) is 26.3 Å². The standard InChI is InChI=1S/C21H26N2O3/c1-17-7-5-11-20(22-17)26-15-19-10-6-12-23(13-19)21(24)16-25-14-18-8-3-2-4-9-18/h2-5,7-9,11,19H,6,10,12-16H2,1H3. The molecule has 5 nitrogen and oxygen atoms in total. The van der Waals surface area contributed by atoms with Gasteiger partial charge in [0.1, 0.15) is 6.61 Å². The Labute approximate surface area is 155 Å². The van der Waals surface area contributed by atoms with Gasteiger partial charge in [0.25, 0.3) is 0 Å². The zero-order valence-electron chi connectivity index (χ0n) is 15.3. The van der Waals surface area contributed by atoms with Gasteiger partial charge < -0.3 is 14.4 Å². The molecule has 1 aliphatic heterocycles. The van der Waals surface area contributed by atoms with Crippen molar-refractivity contribution in [1.29, 1.82) is 0 Å². The fraction of sp³-hybridized carbons (Fsp3) is 0.429. The molecule has 26 heavy (non-hydrogen) atoms. The number of hydrogen-bond donors (Lipinski definition) is 0. The molecular weight excluding hydrogens is 328 g/mol. The summed E-state index contributed by atoms with van der Waals surface area (Å²) in [5.74, 6) is 1.04. The van der Waals surface area contributed by atoms with E-state index in [0.29, 0.717) is 25.0 Å². The third-order valence-corrected chi connectivity index (χ3v) is 4.54. The summed E-state index contributed by atoms with van der Waals surface area (Å²) in [4.78, 5) is 18.7. The maximum atomic E-state index is 12.4. The average molecular weight is 354 g/mol. The second-order valence-corrected chi connectivity index (χ2v) is 6.75. The number of benzene rings is 1. The van der Waals surface area contributed by atoms with Crippen LogP contribution in [0.4, 0.5) is 0 Å². The summed E-state index contributed by atoms with van der Waals surface area (Å²) in [5, 5.41) is 0. The molecule has 1 fully saturated rings. The lowest BCUT2D eigenvalue weighted by molar-refractivity contribution is -0.138. The molecule has 1 aromatic heterocycles. The molecule has 5 heteroatoms. The number of nitrogens with zero attached hydrogens (tertiary/aromatic N) is 2. The third kappa shape index (κ3) is 5.56. The highest BCUT2D eigenvalue weighted by atomic mass is 16.5. The van der Waals surface area contributed by atoms with Crippen LogP contribution < -0.4 is 4.74 Å². The molecule has 1 amide bonds. The molecule has 1 saturated heterocycles. The summed E-state index contributed by atoms with van der Waals surface area (Å²) in [7, 11) is 0. The molecule has 0 bridgehead atoms. The highest BCUT2D eigenvalue weighted by Crippen LogP contribution is 2.18.